The van der Waals surface area contributed by atoms with E-state index in [1.807, 2.05) is 0 Å². The summed E-state index contributed by atoms with van der Waals surface area (Å²) in [6.07, 6.45) is -15.8. The minimum atomic E-state index is -5.89. The lowest BCUT2D eigenvalue weighted by atomic mass is 10.0. The van der Waals surface area contributed by atoms with Gasteiger partial charge in [0.25, 0.3) is 6.17 Å². The number of benzene rings is 2. The molecule has 2 rings (SSSR count). The predicted octanol–water partition coefficient (Wildman–Crippen LogP) is 5.88. The number of rotatable bonds is 9. The molecule has 0 spiro atoms. The minimum absolute atomic E-state index is 0.136. The summed E-state index contributed by atoms with van der Waals surface area (Å²) in [4.78, 5) is 15.9. The van der Waals surface area contributed by atoms with Crippen molar-refractivity contribution in [3.8, 4) is 11.5 Å². The Morgan fingerprint density at radius 2 is 1.70 bits per heavy atom. The second-order valence-electron chi connectivity index (χ2n) is 6.16. The molecule has 180 valence electrons. The molecule has 1 atom stereocenters. The van der Waals surface area contributed by atoms with Gasteiger partial charge in [0.15, 0.2) is 11.5 Å². The maximum Gasteiger partial charge on any atom is 0.439 e. The Morgan fingerprint density at radius 3 is 2.21 bits per heavy atom. The van der Waals surface area contributed by atoms with Gasteiger partial charge in [-0.05, 0) is 5.56 Å². The Hall–Kier alpha value is -2.86. The SMILES string of the molecule is CO/N=C(/C(=O)O)c1ccccc1COc1cc(Cl)c(OC(F)(F)C(F)C(F)(F)F)c(Cl)c1. The summed E-state index contributed by atoms with van der Waals surface area (Å²) in [6.45, 7) is -0.282. The Morgan fingerprint density at radius 1 is 1.12 bits per heavy atom. The number of halogens is 8. The number of nitrogens with zero attached hydrogens (tertiary/aromatic N) is 1. The predicted molar refractivity (Wildman–Crippen MR) is 105 cm³/mol. The van der Waals surface area contributed by atoms with Gasteiger partial charge < -0.3 is 19.4 Å². The monoisotopic (exact) mass is 519 g/mol. The van der Waals surface area contributed by atoms with Gasteiger partial charge >= 0.3 is 18.3 Å². The summed E-state index contributed by atoms with van der Waals surface area (Å²) in [6, 6.07) is 7.82. The van der Waals surface area contributed by atoms with Crippen LogP contribution in [0.5, 0.6) is 11.5 Å². The molecule has 0 bridgehead atoms. The van der Waals surface area contributed by atoms with E-state index in [4.69, 9.17) is 27.9 Å². The van der Waals surface area contributed by atoms with Gasteiger partial charge in [-0.3, -0.25) is 0 Å². The van der Waals surface area contributed by atoms with Crippen molar-refractivity contribution in [1.29, 1.82) is 0 Å². The van der Waals surface area contributed by atoms with E-state index in [0.717, 1.165) is 19.2 Å². The fraction of sp³-hybridized carbons (Fsp3) is 0.263. The molecule has 0 heterocycles. The van der Waals surface area contributed by atoms with Crippen LogP contribution >= 0.6 is 23.2 Å². The summed E-state index contributed by atoms with van der Waals surface area (Å²) in [5.74, 6) is -2.62. The number of hydrogen-bond donors (Lipinski definition) is 1. The van der Waals surface area contributed by atoms with E-state index in [1.54, 1.807) is 6.07 Å². The summed E-state index contributed by atoms with van der Waals surface area (Å²) in [7, 11) is 1.15. The highest BCUT2D eigenvalue weighted by Gasteiger charge is 2.59. The van der Waals surface area contributed by atoms with E-state index in [1.165, 1.54) is 18.2 Å². The molecule has 2 aromatic carbocycles. The van der Waals surface area contributed by atoms with Gasteiger partial charge in [-0.1, -0.05) is 52.6 Å². The molecule has 0 aliphatic carbocycles. The molecule has 14 heteroatoms. The molecule has 0 aliphatic heterocycles. The molecule has 1 unspecified atom stereocenters. The first kappa shape index (κ1) is 26.4. The fourth-order valence-corrected chi connectivity index (χ4v) is 2.97. The topological polar surface area (TPSA) is 77.4 Å². The summed E-state index contributed by atoms with van der Waals surface area (Å²) >= 11 is 11.5. The molecule has 0 aliphatic rings. The number of carboxylic acids is 1. The zero-order chi connectivity index (χ0) is 25.0. The van der Waals surface area contributed by atoms with Crippen molar-refractivity contribution in [2.75, 3.05) is 7.11 Å². The van der Waals surface area contributed by atoms with Crippen LogP contribution in [-0.4, -0.2) is 42.4 Å². The van der Waals surface area contributed by atoms with Crippen LogP contribution in [0.4, 0.5) is 26.3 Å². The molecule has 6 nitrogen and oxygen atoms in total. The maximum atomic E-state index is 13.5. The number of carbonyl (C=O) groups is 1. The summed E-state index contributed by atoms with van der Waals surface area (Å²) < 4.78 is 86.3. The van der Waals surface area contributed by atoms with E-state index >= 15 is 0 Å². The first-order valence-electron chi connectivity index (χ1n) is 8.60. The van der Waals surface area contributed by atoms with Crippen molar-refractivity contribution in [3.63, 3.8) is 0 Å². The number of hydrogen-bond acceptors (Lipinski definition) is 5. The van der Waals surface area contributed by atoms with Crippen molar-refractivity contribution < 1.29 is 50.6 Å². The average molecular weight is 520 g/mol. The molecule has 1 N–H and O–H groups in total. The highest BCUT2D eigenvalue weighted by molar-refractivity contribution is 6.42. The van der Waals surface area contributed by atoms with Crippen molar-refractivity contribution in [2.45, 2.75) is 25.1 Å². The maximum absolute atomic E-state index is 13.5. The molecule has 33 heavy (non-hydrogen) atoms. The van der Waals surface area contributed by atoms with Gasteiger partial charge in [-0.15, -0.1) is 0 Å². The van der Waals surface area contributed by atoms with Crippen LogP contribution in [-0.2, 0) is 16.2 Å². The number of aliphatic carboxylic acids is 1. The molecule has 0 radical (unpaired) electrons. The Labute approximate surface area is 192 Å². The zero-order valence-corrected chi connectivity index (χ0v) is 17.8. The van der Waals surface area contributed by atoms with Crippen LogP contribution in [0.2, 0.25) is 10.0 Å². The fourth-order valence-electron chi connectivity index (χ4n) is 2.43. The third kappa shape index (κ3) is 6.57. The smallest absolute Gasteiger partial charge is 0.439 e. The lowest BCUT2D eigenvalue weighted by Crippen LogP contribution is -2.45. The highest BCUT2D eigenvalue weighted by atomic mass is 35.5. The quantitative estimate of drug-likeness (QED) is 0.254. The molecule has 0 saturated heterocycles. The normalized spacial score (nSPS) is 13.4. The van der Waals surface area contributed by atoms with Crippen LogP contribution in [0.1, 0.15) is 11.1 Å². The first-order valence-corrected chi connectivity index (χ1v) is 9.35. The van der Waals surface area contributed by atoms with E-state index in [0.29, 0.717) is 5.56 Å². The number of oxime groups is 1. The molecule has 0 saturated carbocycles. The van der Waals surface area contributed by atoms with Crippen LogP contribution < -0.4 is 9.47 Å². The van der Waals surface area contributed by atoms with Crippen LogP contribution in [0.15, 0.2) is 41.6 Å². The van der Waals surface area contributed by atoms with Crippen LogP contribution in [0.3, 0.4) is 0 Å². The lowest BCUT2D eigenvalue weighted by Gasteiger charge is -2.24. The number of alkyl halides is 6. The molecular formula is C19H13Cl2F6NO5. The van der Waals surface area contributed by atoms with Crippen molar-refractivity contribution >= 4 is 34.9 Å². The third-order valence-corrected chi connectivity index (χ3v) is 4.41. The molecular weight excluding hydrogens is 507 g/mol. The van der Waals surface area contributed by atoms with Crippen molar-refractivity contribution in [2.24, 2.45) is 5.16 Å². The largest absolute Gasteiger partial charge is 0.489 e. The van der Waals surface area contributed by atoms with Crippen LogP contribution in [0, 0.1) is 0 Å². The zero-order valence-electron chi connectivity index (χ0n) is 16.3. The van der Waals surface area contributed by atoms with Gasteiger partial charge in [-0.2, -0.15) is 22.0 Å². The van der Waals surface area contributed by atoms with E-state index in [-0.39, 0.29) is 17.9 Å². The molecule has 2 aromatic rings. The molecule has 0 fully saturated rings. The minimum Gasteiger partial charge on any atom is -0.489 e. The highest BCUT2D eigenvalue weighted by Crippen LogP contribution is 2.43. The lowest BCUT2D eigenvalue weighted by molar-refractivity contribution is -0.304. The first-order chi connectivity index (χ1) is 15.3. The number of ether oxygens (including phenoxy) is 2. The van der Waals surface area contributed by atoms with Crippen molar-refractivity contribution in [3.05, 3.63) is 57.6 Å². The van der Waals surface area contributed by atoms with Gasteiger partial charge in [0.1, 0.15) is 19.5 Å². The summed E-state index contributed by atoms with van der Waals surface area (Å²) in [5.41, 5.74) is 0.0363. The van der Waals surface area contributed by atoms with Crippen molar-refractivity contribution in [1.82, 2.24) is 0 Å². The summed E-state index contributed by atoms with van der Waals surface area (Å²) in [5, 5.41) is 11.4. The van der Waals surface area contributed by atoms with Gasteiger partial charge in [0.05, 0.1) is 10.0 Å². The Bertz CT molecular complexity index is 1020. The van der Waals surface area contributed by atoms with Gasteiger partial charge in [0, 0.05) is 17.7 Å². The van der Waals surface area contributed by atoms with Crippen LogP contribution in [0.25, 0.3) is 0 Å². The average Bonchev–Trinajstić information content (AvgIpc) is 2.72. The Kier molecular flexibility index (Phi) is 8.30. The van der Waals surface area contributed by atoms with Gasteiger partial charge in [0.2, 0.25) is 0 Å². The van der Waals surface area contributed by atoms with E-state index < -0.39 is 45.9 Å². The molecule has 0 aromatic heterocycles. The standard InChI is InChI=1S/C19H13Cl2F6NO5/c1-31-28-14(16(29)30)11-5-3-2-4-9(11)8-32-10-6-12(20)15(13(21)7-10)33-19(26,27)17(22)18(23,24)25/h2-7,17H,8H2,1H3,(H,29,30)/b28-14+. The third-order valence-electron chi connectivity index (χ3n) is 3.84. The molecule has 0 amide bonds. The van der Waals surface area contributed by atoms with Gasteiger partial charge in [-0.25, -0.2) is 9.18 Å². The second-order valence-corrected chi connectivity index (χ2v) is 6.97. The van der Waals surface area contributed by atoms with E-state index in [2.05, 4.69) is 14.7 Å². The Balaban J connectivity index is 2.26. The number of carboxylic acid groups (broad SMARTS) is 1. The van der Waals surface area contributed by atoms with E-state index in [9.17, 15) is 36.2 Å². The second kappa shape index (κ2) is 10.4.